The number of piperidine rings is 1. The first-order valence-electron chi connectivity index (χ1n) is 8.83. The molecular weight excluding hydrogens is 352 g/mol. The number of carboxylic acids is 2. The SMILES string of the molecule is COc1cccc(NC(=O)CCN2CC(C)CC(C)C2)c1.O=C(O)C(=O)O. The van der Waals surface area contributed by atoms with Crippen LogP contribution in [-0.4, -0.2) is 59.7 Å². The number of nitrogens with zero attached hydrogens (tertiary/aromatic N) is 1. The van der Waals surface area contributed by atoms with Crippen LogP contribution in [0.15, 0.2) is 24.3 Å². The van der Waals surface area contributed by atoms with Gasteiger partial charge in [-0.05, 0) is 30.4 Å². The lowest BCUT2D eigenvalue weighted by Crippen LogP contribution is -2.40. The summed E-state index contributed by atoms with van der Waals surface area (Å²) in [6.45, 7) is 7.63. The van der Waals surface area contributed by atoms with Crippen molar-refractivity contribution in [2.45, 2.75) is 26.7 Å². The minimum Gasteiger partial charge on any atom is -0.497 e. The Morgan fingerprint density at radius 2 is 1.74 bits per heavy atom. The Morgan fingerprint density at radius 1 is 1.15 bits per heavy atom. The zero-order valence-corrected chi connectivity index (χ0v) is 16.0. The number of carbonyl (C=O) groups is 3. The monoisotopic (exact) mass is 380 g/mol. The molecule has 0 saturated carbocycles. The third-order valence-corrected chi connectivity index (χ3v) is 4.14. The first-order valence-corrected chi connectivity index (χ1v) is 8.83. The number of carbonyl (C=O) groups excluding carboxylic acids is 1. The molecule has 1 aromatic rings. The molecule has 1 heterocycles. The van der Waals surface area contributed by atoms with Crippen molar-refractivity contribution >= 4 is 23.5 Å². The van der Waals surface area contributed by atoms with E-state index < -0.39 is 11.9 Å². The van der Waals surface area contributed by atoms with Gasteiger partial charge in [0.2, 0.25) is 5.91 Å². The summed E-state index contributed by atoms with van der Waals surface area (Å²) in [4.78, 5) is 32.6. The van der Waals surface area contributed by atoms with E-state index in [2.05, 4.69) is 24.1 Å². The summed E-state index contributed by atoms with van der Waals surface area (Å²) in [5.41, 5.74) is 0.791. The second-order valence-electron chi connectivity index (χ2n) is 6.85. The molecule has 1 aliphatic heterocycles. The highest BCUT2D eigenvalue weighted by Crippen LogP contribution is 2.21. The van der Waals surface area contributed by atoms with Gasteiger partial charge in [-0.2, -0.15) is 0 Å². The average molecular weight is 380 g/mol. The molecule has 150 valence electrons. The molecule has 0 aromatic heterocycles. The van der Waals surface area contributed by atoms with E-state index in [1.54, 1.807) is 7.11 Å². The van der Waals surface area contributed by atoms with E-state index in [0.29, 0.717) is 6.42 Å². The predicted octanol–water partition coefficient (Wildman–Crippen LogP) is 2.16. The van der Waals surface area contributed by atoms with Crippen LogP contribution in [-0.2, 0) is 14.4 Å². The zero-order valence-electron chi connectivity index (χ0n) is 16.0. The number of rotatable bonds is 5. The molecule has 1 amide bonds. The smallest absolute Gasteiger partial charge is 0.414 e. The van der Waals surface area contributed by atoms with Gasteiger partial charge in [0.15, 0.2) is 0 Å². The number of anilines is 1. The lowest BCUT2D eigenvalue weighted by atomic mass is 9.92. The summed E-state index contributed by atoms with van der Waals surface area (Å²) in [5.74, 6) is -1.36. The number of hydrogen-bond acceptors (Lipinski definition) is 5. The van der Waals surface area contributed by atoms with Crippen molar-refractivity contribution in [1.29, 1.82) is 0 Å². The average Bonchev–Trinajstić information content (AvgIpc) is 2.60. The lowest BCUT2D eigenvalue weighted by Gasteiger charge is -2.34. The highest BCUT2D eigenvalue weighted by Gasteiger charge is 2.21. The minimum absolute atomic E-state index is 0.0640. The van der Waals surface area contributed by atoms with Gasteiger partial charge in [0, 0.05) is 37.8 Å². The highest BCUT2D eigenvalue weighted by molar-refractivity contribution is 6.27. The van der Waals surface area contributed by atoms with Crippen LogP contribution in [0.5, 0.6) is 5.75 Å². The summed E-state index contributed by atoms with van der Waals surface area (Å²) in [6.07, 6.45) is 1.84. The van der Waals surface area contributed by atoms with Crippen molar-refractivity contribution in [2.24, 2.45) is 11.8 Å². The topological polar surface area (TPSA) is 116 Å². The molecule has 1 fully saturated rings. The third kappa shape index (κ3) is 9.05. The number of hydrogen-bond donors (Lipinski definition) is 3. The van der Waals surface area contributed by atoms with Gasteiger partial charge in [0.25, 0.3) is 0 Å². The normalized spacial score (nSPS) is 19.4. The fourth-order valence-electron chi connectivity index (χ4n) is 3.16. The summed E-state index contributed by atoms with van der Waals surface area (Å²) < 4.78 is 5.16. The van der Waals surface area contributed by atoms with E-state index >= 15 is 0 Å². The number of benzene rings is 1. The van der Waals surface area contributed by atoms with Gasteiger partial charge in [-0.15, -0.1) is 0 Å². The fraction of sp³-hybridized carbons (Fsp3) is 0.526. The van der Waals surface area contributed by atoms with Crippen LogP contribution in [0.2, 0.25) is 0 Å². The summed E-state index contributed by atoms with van der Waals surface area (Å²) in [7, 11) is 1.62. The first kappa shape index (κ1) is 22.4. The van der Waals surface area contributed by atoms with E-state index in [9.17, 15) is 4.79 Å². The maximum Gasteiger partial charge on any atom is 0.414 e. The summed E-state index contributed by atoms with van der Waals surface area (Å²) >= 11 is 0. The van der Waals surface area contributed by atoms with E-state index in [0.717, 1.165) is 42.9 Å². The van der Waals surface area contributed by atoms with Crippen molar-refractivity contribution < 1.29 is 29.3 Å². The molecule has 2 atom stereocenters. The van der Waals surface area contributed by atoms with Crippen LogP contribution >= 0.6 is 0 Å². The van der Waals surface area contributed by atoms with Crippen LogP contribution in [0, 0.1) is 11.8 Å². The second-order valence-corrected chi connectivity index (χ2v) is 6.85. The van der Waals surface area contributed by atoms with E-state index in [1.165, 1.54) is 6.42 Å². The van der Waals surface area contributed by atoms with Gasteiger partial charge in [-0.25, -0.2) is 9.59 Å². The quantitative estimate of drug-likeness (QED) is 0.670. The Kier molecular flexibility index (Phi) is 9.29. The molecule has 1 saturated heterocycles. The van der Waals surface area contributed by atoms with Crippen LogP contribution in [0.25, 0.3) is 0 Å². The molecule has 1 aromatic carbocycles. The maximum absolute atomic E-state index is 12.0. The molecule has 0 bridgehead atoms. The minimum atomic E-state index is -1.82. The molecule has 27 heavy (non-hydrogen) atoms. The summed E-state index contributed by atoms with van der Waals surface area (Å²) in [5, 5.41) is 17.7. The highest BCUT2D eigenvalue weighted by atomic mass is 16.5. The number of methoxy groups -OCH3 is 1. The standard InChI is InChI=1S/C17H26N2O2.C2H2O4/c1-13-9-14(2)12-19(11-13)8-7-17(20)18-15-5-4-6-16(10-15)21-3;3-1(4)2(5)6/h4-6,10,13-14H,7-9,11-12H2,1-3H3,(H,18,20);(H,3,4)(H,5,6). The Balaban J connectivity index is 0.000000527. The number of amides is 1. The molecule has 3 N–H and O–H groups in total. The van der Waals surface area contributed by atoms with Gasteiger partial charge in [0.1, 0.15) is 5.75 Å². The predicted molar refractivity (Wildman–Crippen MR) is 101 cm³/mol. The maximum atomic E-state index is 12.0. The molecule has 8 nitrogen and oxygen atoms in total. The molecule has 1 aliphatic rings. The van der Waals surface area contributed by atoms with E-state index in [-0.39, 0.29) is 5.91 Å². The summed E-state index contributed by atoms with van der Waals surface area (Å²) in [6, 6.07) is 7.46. The molecule has 2 rings (SSSR count). The van der Waals surface area contributed by atoms with Gasteiger partial charge >= 0.3 is 11.9 Å². The number of carboxylic acid groups (broad SMARTS) is 2. The third-order valence-electron chi connectivity index (χ3n) is 4.14. The Hall–Kier alpha value is -2.61. The molecular formula is C19H28N2O6. The molecule has 0 aliphatic carbocycles. The van der Waals surface area contributed by atoms with Crippen molar-refractivity contribution in [1.82, 2.24) is 4.90 Å². The number of aliphatic carboxylic acids is 2. The van der Waals surface area contributed by atoms with Crippen molar-refractivity contribution in [3.8, 4) is 5.75 Å². The van der Waals surface area contributed by atoms with Gasteiger partial charge < -0.3 is 25.2 Å². The molecule has 8 heteroatoms. The first-order chi connectivity index (χ1) is 12.7. The Bertz CT molecular complexity index is 627. The van der Waals surface area contributed by atoms with Gasteiger partial charge in [0.05, 0.1) is 7.11 Å². The largest absolute Gasteiger partial charge is 0.497 e. The van der Waals surface area contributed by atoms with Crippen LogP contribution in [0.4, 0.5) is 5.69 Å². The van der Waals surface area contributed by atoms with E-state index in [1.807, 2.05) is 24.3 Å². The van der Waals surface area contributed by atoms with Gasteiger partial charge in [-0.1, -0.05) is 19.9 Å². The van der Waals surface area contributed by atoms with Crippen molar-refractivity contribution in [3.05, 3.63) is 24.3 Å². The lowest BCUT2D eigenvalue weighted by molar-refractivity contribution is -0.159. The molecule has 0 spiro atoms. The number of ether oxygens (including phenoxy) is 1. The van der Waals surface area contributed by atoms with Gasteiger partial charge in [-0.3, -0.25) is 4.79 Å². The van der Waals surface area contributed by atoms with Crippen LogP contribution in [0.3, 0.4) is 0 Å². The fourth-order valence-corrected chi connectivity index (χ4v) is 3.16. The molecule has 0 radical (unpaired) electrons. The number of nitrogens with one attached hydrogen (secondary N) is 1. The van der Waals surface area contributed by atoms with Crippen molar-refractivity contribution in [2.75, 3.05) is 32.1 Å². The van der Waals surface area contributed by atoms with Crippen LogP contribution < -0.4 is 10.1 Å². The van der Waals surface area contributed by atoms with Crippen LogP contribution in [0.1, 0.15) is 26.7 Å². The second kappa shape index (κ2) is 11.2. The zero-order chi connectivity index (χ0) is 20.4. The van der Waals surface area contributed by atoms with E-state index in [4.69, 9.17) is 24.5 Å². The Labute approximate surface area is 159 Å². The number of likely N-dealkylation sites (tertiary alicyclic amines) is 1. The van der Waals surface area contributed by atoms with Crippen molar-refractivity contribution in [3.63, 3.8) is 0 Å². The molecule has 2 unspecified atom stereocenters. The Morgan fingerprint density at radius 3 is 2.26 bits per heavy atom.